The van der Waals surface area contributed by atoms with Gasteiger partial charge in [-0.05, 0) is 49.9 Å². The van der Waals surface area contributed by atoms with Crippen molar-refractivity contribution >= 4 is 5.69 Å². The minimum absolute atomic E-state index is 0.0308. The van der Waals surface area contributed by atoms with E-state index in [0.29, 0.717) is 0 Å². The average Bonchev–Trinajstić information content (AvgIpc) is 2.80. The van der Waals surface area contributed by atoms with Crippen molar-refractivity contribution in [1.29, 1.82) is 0 Å². The van der Waals surface area contributed by atoms with E-state index in [9.17, 15) is 53.4 Å². The summed E-state index contributed by atoms with van der Waals surface area (Å²) < 4.78 is 155. The Labute approximate surface area is 220 Å². The van der Waals surface area contributed by atoms with E-state index in [1.807, 2.05) is 0 Å². The first-order valence-electron chi connectivity index (χ1n) is 11.6. The lowest BCUT2D eigenvalue weighted by Crippen LogP contribution is -2.50. The Morgan fingerprint density at radius 3 is 2.02 bits per heavy atom. The summed E-state index contributed by atoms with van der Waals surface area (Å²) in [7, 11) is 0. The second-order valence-corrected chi connectivity index (χ2v) is 8.91. The summed E-state index contributed by atoms with van der Waals surface area (Å²) >= 11 is 0. The van der Waals surface area contributed by atoms with Crippen LogP contribution in [0.2, 0.25) is 0 Å². The number of ether oxygens (including phenoxy) is 3. The summed E-state index contributed by atoms with van der Waals surface area (Å²) in [6.45, 7) is -1.10. The van der Waals surface area contributed by atoms with Gasteiger partial charge in [-0.2, -0.15) is 35.1 Å². The second-order valence-electron chi connectivity index (χ2n) is 8.91. The van der Waals surface area contributed by atoms with Crippen LogP contribution in [0.1, 0.15) is 25.7 Å². The van der Waals surface area contributed by atoms with Crippen LogP contribution >= 0.6 is 0 Å². The Bertz CT molecular complexity index is 1120. The van der Waals surface area contributed by atoms with Gasteiger partial charge in [0.1, 0.15) is 17.2 Å². The molecule has 40 heavy (non-hydrogen) atoms. The van der Waals surface area contributed by atoms with Gasteiger partial charge in [-0.1, -0.05) is 12.1 Å². The molecule has 1 N–H and O–H groups in total. The van der Waals surface area contributed by atoms with Crippen LogP contribution < -0.4 is 14.4 Å². The SMILES string of the molecule is OC(CN(c1cccc(Oc2cccc(OC(F)(F)F)c2)c1)C1CCCC(OC(F)(F)C(F)(F)F)C1)C(F)(F)F. The number of benzene rings is 2. The van der Waals surface area contributed by atoms with Crippen LogP contribution in [0.25, 0.3) is 0 Å². The molecule has 2 aromatic rings. The molecule has 2 aromatic carbocycles. The lowest BCUT2D eigenvalue weighted by molar-refractivity contribution is -0.403. The van der Waals surface area contributed by atoms with Crippen molar-refractivity contribution < 1.29 is 67.6 Å². The monoisotopic (exact) mass is 597 g/mol. The molecule has 0 radical (unpaired) electrons. The lowest BCUT2D eigenvalue weighted by atomic mass is 9.91. The number of hydrogen-bond acceptors (Lipinski definition) is 5. The van der Waals surface area contributed by atoms with E-state index >= 15 is 0 Å². The highest BCUT2D eigenvalue weighted by Gasteiger charge is 2.60. The van der Waals surface area contributed by atoms with Crippen molar-refractivity contribution in [3.8, 4) is 17.2 Å². The third kappa shape index (κ3) is 8.74. The first-order valence-corrected chi connectivity index (χ1v) is 11.6. The zero-order valence-corrected chi connectivity index (χ0v) is 20.2. The molecule has 0 bridgehead atoms. The van der Waals surface area contributed by atoms with Crippen LogP contribution in [0.4, 0.5) is 54.0 Å². The molecule has 0 heterocycles. The number of halogens is 11. The molecule has 0 spiro atoms. The van der Waals surface area contributed by atoms with Crippen LogP contribution in [0.3, 0.4) is 0 Å². The first-order chi connectivity index (χ1) is 18.3. The van der Waals surface area contributed by atoms with E-state index in [1.165, 1.54) is 36.4 Å². The molecule has 1 aliphatic carbocycles. The molecular formula is C24H22F11NO4. The molecule has 0 aromatic heterocycles. The highest BCUT2D eigenvalue weighted by molar-refractivity contribution is 5.53. The fourth-order valence-electron chi connectivity index (χ4n) is 4.14. The standard InChI is InChI=1S/C24H22F11NO4/c25-21(26,27)20(37)13-36(15-5-2-8-18(11-15)39-23(31,32)22(28,29)30)14-4-1-6-16(10-14)38-17-7-3-9-19(12-17)40-24(33,34)35/h1,3-4,6-7,9-10,12,15,18,20,37H,2,5,8,11,13H2. The largest absolute Gasteiger partial charge is 0.573 e. The smallest absolute Gasteiger partial charge is 0.457 e. The van der Waals surface area contributed by atoms with Crippen molar-refractivity contribution in [2.45, 2.75) is 68.8 Å². The third-order valence-corrected chi connectivity index (χ3v) is 5.86. The summed E-state index contributed by atoms with van der Waals surface area (Å²) in [5, 5.41) is 9.73. The summed E-state index contributed by atoms with van der Waals surface area (Å²) in [6, 6.07) is 8.38. The molecule has 224 valence electrons. The van der Waals surface area contributed by atoms with Crippen molar-refractivity contribution in [1.82, 2.24) is 0 Å². The van der Waals surface area contributed by atoms with Crippen molar-refractivity contribution in [3.63, 3.8) is 0 Å². The van der Waals surface area contributed by atoms with Gasteiger partial charge in [-0.25, -0.2) is 0 Å². The summed E-state index contributed by atoms with van der Waals surface area (Å²) in [6.07, 6.45) is -26.7. The zero-order chi connectivity index (χ0) is 29.9. The van der Waals surface area contributed by atoms with Crippen LogP contribution in [0.5, 0.6) is 17.2 Å². The predicted molar refractivity (Wildman–Crippen MR) is 117 cm³/mol. The molecule has 0 saturated heterocycles. The van der Waals surface area contributed by atoms with E-state index in [-0.39, 0.29) is 36.4 Å². The number of alkyl halides is 11. The van der Waals surface area contributed by atoms with Crippen LogP contribution in [-0.2, 0) is 4.74 Å². The molecule has 3 atom stereocenters. The summed E-state index contributed by atoms with van der Waals surface area (Å²) in [5.74, 6) is -0.818. The molecule has 1 fully saturated rings. The molecule has 16 heteroatoms. The number of aliphatic hydroxyl groups excluding tert-OH is 1. The topological polar surface area (TPSA) is 51.2 Å². The second kappa shape index (κ2) is 11.8. The molecule has 3 rings (SSSR count). The number of hydrogen-bond donors (Lipinski definition) is 1. The minimum atomic E-state index is -6.00. The van der Waals surface area contributed by atoms with E-state index < -0.39 is 61.8 Å². The van der Waals surface area contributed by atoms with Gasteiger partial charge < -0.3 is 24.2 Å². The van der Waals surface area contributed by atoms with Crippen molar-refractivity contribution in [2.24, 2.45) is 0 Å². The number of aliphatic hydroxyl groups is 1. The average molecular weight is 597 g/mol. The van der Waals surface area contributed by atoms with Crippen molar-refractivity contribution in [2.75, 3.05) is 11.4 Å². The van der Waals surface area contributed by atoms with E-state index in [4.69, 9.17) is 4.74 Å². The molecule has 3 unspecified atom stereocenters. The Kier molecular flexibility index (Phi) is 9.33. The third-order valence-electron chi connectivity index (χ3n) is 5.86. The van der Waals surface area contributed by atoms with Gasteiger partial charge in [0.2, 0.25) is 0 Å². The maximum Gasteiger partial charge on any atom is 0.573 e. The molecule has 1 aliphatic rings. The molecule has 1 saturated carbocycles. The highest BCUT2D eigenvalue weighted by Crippen LogP contribution is 2.41. The quantitative estimate of drug-likeness (QED) is 0.302. The van der Waals surface area contributed by atoms with Crippen LogP contribution in [-0.4, -0.2) is 54.7 Å². The first kappa shape index (κ1) is 31.5. The van der Waals surface area contributed by atoms with Gasteiger partial charge in [0.15, 0.2) is 6.10 Å². The minimum Gasteiger partial charge on any atom is -0.457 e. The van der Waals surface area contributed by atoms with Gasteiger partial charge in [0, 0.05) is 23.9 Å². The van der Waals surface area contributed by atoms with Crippen molar-refractivity contribution in [3.05, 3.63) is 48.5 Å². The number of nitrogens with zero attached hydrogens (tertiary/aromatic N) is 1. The van der Waals surface area contributed by atoms with E-state index in [1.54, 1.807) is 0 Å². The van der Waals surface area contributed by atoms with Gasteiger partial charge in [0.05, 0.1) is 12.6 Å². The molecule has 0 aliphatic heterocycles. The van der Waals surface area contributed by atoms with Gasteiger partial charge >= 0.3 is 24.8 Å². The normalized spacial score (nSPS) is 19.7. The number of rotatable bonds is 9. The van der Waals surface area contributed by atoms with Gasteiger partial charge in [0.25, 0.3) is 0 Å². The highest BCUT2D eigenvalue weighted by atomic mass is 19.4. The zero-order valence-electron chi connectivity index (χ0n) is 20.2. The fourth-order valence-corrected chi connectivity index (χ4v) is 4.14. The lowest BCUT2D eigenvalue weighted by Gasteiger charge is -2.40. The number of anilines is 1. The van der Waals surface area contributed by atoms with Gasteiger partial charge in [-0.15, -0.1) is 13.2 Å². The summed E-state index contributed by atoms with van der Waals surface area (Å²) in [5.41, 5.74) is -0.0308. The maximum atomic E-state index is 13.5. The molecule has 0 amide bonds. The van der Waals surface area contributed by atoms with E-state index in [0.717, 1.165) is 17.0 Å². The maximum absolute atomic E-state index is 13.5. The Morgan fingerprint density at radius 2 is 1.43 bits per heavy atom. The Balaban J connectivity index is 1.86. The van der Waals surface area contributed by atoms with Gasteiger partial charge in [-0.3, -0.25) is 0 Å². The van der Waals surface area contributed by atoms with Crippen LogP contribution in [0, 0.1) is 0 Å². The summed E-state index contributed by atoms with van der Waals surface area (Å²) in [4.78, 5) is 0.995. The van der Waals surface area contributed by atoms with E-state index in [2.05, 4.69) is 9.47 Å². The fraction of sp³-hybridized carbons (Fsp3) is 0.500. The molecular weight excluding hydrogens is 575 g/mol. The van der Waals surface area contributed by atoms with Crippen LogP contribution in [0.15, 0.2) is 48.5 Å². The Morgan fingerprint density at radius 1 is 0.825 bits per heavy atom. The molecule has 5 nitrogen and oxygen atoms in total. The predicted octanol–water partition coefficient (Wildman–Crippen LogP) is 7.59. The Hall–Kier alpha value is -3.01.